The van der Waals surface area contributed by atoms with Crippen molar-refractivity contribution in [1.29, 1.82) is 0 Å². The molecule has 3 rings (SSSR count). The molecule has 0 spiro atoms. The summed E-state index contributed by atoms with van der Waals surface area (Å²) in [5, 5.41) is 13.7. The Labute approximate surface area is 182 Å². The molecule has 2 aromatic carbocycles. The quantitative estimate of drug-likeness (QED) is 0.377. The number of ether oxygens (including phenoxy) is 2. The third-order valence-corrected chi connectivity index (χ3v) is 4.17. The minimum atomic E-state index is -4.91. The second kappa shape index (κ2) is 8.98. The maximum absolute atomic E-state index is 12.5. The zero-order valence-electron chi connectivity index (χ0n) is 15.7. The van der Waals surface area contributed by atoms with Gasteiger partial charge < -0.3 is 20.5 Å². The molecule has 3 aromatic rings. The van der Waals surface area contributed by atoms with E-state index in [4.69, 9.17) is 22.1 Å². The summed E-state index contributed by atoms with van der Waals surface area (Å²) in [5.41, 5.74) is 4.88. The fourth-order valence-corrected chi connectivity index (χ4v) is 2.70. The highest BCUT2D eigenvalue weighted by Gasteiger charge is 2.31. The predicted molar refractivity (Wildman–Crippen MR) is 108 cm³/mol. The van der Waals surface area contributed by atoms with Crippen molar-refractivity contribution >= 4 is 34.7 Å². The molecule has 1 heterocycles. The molecule has 32 heavy (non-hydrogen) atoms. The minimum Gasteiger partial charge on any atom is -0.450 e. The van der Waals surface area contributed by atoms with Gasteiger partial charge in [0.1, 0.15) is 11.5 Å². The van der Waals surface area contributed by atoms with E-state index in [0.29, 0.717) is 0 Å². The number of nitrogens with one attached hydrogen (secondary N) is 1. The molecule has 0 bridgehead atoms. The van der Waals surface area contributed by atoms with Gasteiger partial charge in [-0.1, -0.05) is 17.7 Å². The van der Waals surface area contributed by atoms with Crippen LogP contribution in [-0.2, 0) is 0 Å². The van der Waals surface area contributed by atoms with Crippen molar-refractivity contribution < 1.29 is 32.4 Å². The lowest BCUT2D eigenvalue weighted by molar-refractivity contribution is -0.384. The van der Waals surface area contributed by atoms with Crippen molar-refractivity contribution in [2.75, 3.05) is 11.1 Å². The smallest absolute Gasteiger partial charge is 0.450 e. The Bertz CT molecular complexity index is 1190. The highest BCUT2D eigenvalue weighted by atomic mass is 35.5. The SMILES string of the molecule is Nc1nccc(Oc2ccc(Cl)c(NC(=O)c3cccc(OC(F)(F)F)c3)c2)c1[N+](=O)[O-]. The van der Waals surface area contributed by atoms with Crippen LogP contribution in [0.1, 0.15) is 10.4 Å². The first-order valence-electron chi connectivity index (χ1n) is 8.57. The number of nitrogen functional groups attached to an aromatic ring is 1. The van der Waals surface area contributed by atoms with Crippen molar-refractivity contribution in [1.82, 2.24) is 4.98 Å². The molecule has 3 N–H and O–H groups in total. The van der Waals surface area contributed by atoms with Gasteiger partial charge in [-0.15, -0.1) is 13.2 Å². The van der Waals surface area contributed by atoms with Crippen LogP contribution in [0.15, 0.2) is 54.7 Å². The first-order valence-corrected chi connectivity index (χ1v) is 8.95. The molecule has 0 aliphatic carbocycles. The number of halogens is 4. The van der Waals surface area contributed by atoms with Crippen molar-refractivity contribution in [3.63, 3.8) is 0 Å². The number of alkyl halides is 3. The Kier molecular flexibility index (Phi) is 6.35. The number of carbonyl (C=O) groups excluding carboxylic acids is 1. The van der Waals surface area contributed by atoms with Crippen LogP contribution in [0.25, 0.3) is 0 Å². The topological polar surface area (TPSA) is 130 Å². The van der Waals surface area contributed by atoms with Crippen molar-refractivity contribution in [2.45, 2.75) is 6.36 Å². The maximum Gasteiger partial charge on any atom is 0.573 e. The molecule has 1 amide bonds. The van der Waals surface area contributed by atoms with Crippen LogP contribution in [0.3, 0.4) is 0 Å². The van der Waals surface area contributed by atoms with E-state index in [1.807, 2.05) is 0 Å². The first kappa shape index (κ1) is 22.6. The van der Waals surface area contributed by atoms with Crippen LogP contribution < -0.4 is 20.5 Å². The Morgan fingerprint density at radius 1 is 1.16 bits per heavy atom. The number of aromatic nitrogens is 1. The summed E-state index contributed by atoms with van der Waals surface area (Å²) in [4.78, 5) is 26.6. The standard InChI is InChI=1S/C19H12ClF3N4O5/c20-13-5-4-11(31-15-6-7-25-17(24)16(15)27(29)30)9-14(13)26-18(28)10-2-1-3-12(8-10)32-19(21,22)23/h1-9H,(H2,24,25)(H,26,28). The molecule has 0 radical (unpaired) electrons. The normalized spacial score (nSPS) is 11.0. The Morgan fingerprint density at radius 2 is 1.91 bits per heavy atom. The van der Waals surface area contributed by atoms with Crippen LogP contribution in [0.4, 0.5) is 30.4 Å². The van der Waals surface area contributed by atoms with E-state index in [1.165, 1.54) is 42.6 Å². The largest absolute Gasteiger partial charge is 0.573 e. The van der Waals surface area contributed by atoms with Gasteiger partial charge in [-0.05, 0) is 30.3 Å². The molecule has 166 valence electrons. The maximum atomic E-state index is 12.5. The van der Waals surface area contributed by atoms with Crippen LogP contribution in [-0.4, -0.2) is 22.2 Å². The van der Waals surface area contributed by atoms with Gasteiger partial charge >= 0.3 is 12.0 Å². The molecule has 9 nitrogen and oxygen atoms in total. The molecule has 0 saturated carbocycles. The summed E-state index contributed by atoms with van der Waals surface area (Å²) in [5.74, 6) is -1.84. The van der Waals surface area contributed by atoms with Gasteiger partial charge in [-0.3, -0.25) is 14.9 Å². The zero-order valence-corrected chi connectivity index (χ0v) is 16.5. The van der Waals surface area contributed by atoms with E-state index < -0.39 is 28.6 Å². The third kappa shape index (κ3) is 5.55. The average molecular weight is 469 g/mol. The lowest BCUT2D eigenvalue weighted by Crippen LogP contribution is -2.18. The number of anilines is 2. The van der Waals surface area contributed by atoms with Crippen molar-refractivity contribution in [3.05, 3.63) is 75.4 Å². The molecule has 13 heteroatoms. The molecular weight excluding hydrogens is 457 g/mol. The van der Waals surface area contributed by atoms with Gasteiger partial charge in [0.25, 0.3) is 5.91 Å². The summed E-state index contributed by atoms with van der Waals surface area (Å²) in [7, 11) is 0. The molecule has 0 aliphatic rings. The van der Waals surface area contributed by atoms with Crippen LogP contribution in [0, 0.1) is 10.1 Å². The third-order valence-electron chi connectivity index (χ3n) is 3.84. The van der Waals surface area contributed by atoms with E-state index >= 15 is 0 Å². The first-order chi connectivity index (χ1) is 15.0. The van der Waals surface area contributed by atoms with Gasteiger partial charge in [-0.25, -0.2) is 4.98 Å². The number of rotatable bonds is 6. The Hall–Kier alpha value is -4.06. The molecule has 0 atom stereocenters. The fourth-order valence-electron chi connectivity index (χ4n) is 2.54. The summed E-state index contributed by atoms with van der Waals surface area (Å²) in [6.07, 6.45) is -3.70. The number of hydrogen-bond donors (Lipinski definition) is 2. The summed E-state index contributed by atoms with van der Waals surface area (Å²) in [6.45, 7) is 0. The van der Waals surface area contributed by atoms with E-state index in [2.05, 4.69) is 15.0 Å². The number of benzene rings is 2. The Balaban J connectivity index is 1.83. The number of amides is 1. The number of nitrogens with zero attached hydrogens (tertiary/aromatic N) is 2. The molecule has 0 saturated heterocycles. The van der Waals surface area contributed by atoms with E-state index in [9.17, 15) is 28.1 Å². The second-order valence-electron chi connectivity index (χ2n) is 6.07. The summed E-state index contributed by atoms with van der Waals surface area (Å²) >= 11 is 6.07. The molecule has 0 unspecified atom stereocenters. The number of pyridine rings is 1. The number of hydrogen-bond acceptors (Lipinski definition) is 7. The number of nitro groups is 1. The van der Waals surface area contributed by atoms with E-state index in [1.54, 1.807) is 0 Å². The molecular formula is C19H12ClF3N4O5. The lowest BCUT2D eigenvalue weighted by Gasteiger charge is -2.12. The number of nitrogens with two attached hydrogens (primary N) is 1. The van der Waals surface area contributed by atoms with Gasteiger partial charge in [-0.2, -0.15) is 0 Å². The molecule has 0 fully saturated rings. The zero-order chi connectivity index (χ0) is 23.5. The molecule has 1 aromatic heterocycles. The summed E-state index contributed by atoms with van der Waals surface area (Å²) in [6, 6.07) is 9.67. The number of carbonyl (C=O) groups is 1. The van der Waals surface area contributed by atoms with Gasteiger partial charge in [0.05, 0.1) is 15.6 Å². The fraction of sp³-hybridized carbons (Fsp3) is 0.0526. The highest BCUT2D eigenvalue weighted by molar-refractivity contribution is 6.34. The monoisotopic (exact) mass is 468 g/mol. The predicted octanol–water partition coefficient (Wildman–Crippen LogP) is 5.17. The Morgan fingerprint density at radius 3 is 2.59 bits per heavy atom. The van der Waals surface area contributed by atoms with Crippen molar-refractivity contribution in [3.8, 4) is 17.2 Å². The van der Waals surface area contributed by atoms with Gasteiger partial charge in [0.15, 0.2) is 0 Å². The second-order valence-corrected chi connectivity index (χ2v) is 6.48. The lowest BCUT2D eigenvalue weighted by atomic mass is 10.2. The summed E-state index contributed by atoms with van der Waals surface area (Å²) < 4.78 is 46.5. The van der Waals surface area contributed by atoms with E-state index in [-0.39, 0.29) is 33.6 Å². The molecule has 0 aliphatic heterocycles. The van der Waals surface area contributed by atoms with Crippen LogP contribution in [0.2, 0.25) is 5.02 Å². The van der Waals surface area contributed by atoms with Crippen LogP contribution >= 0.6 is 11.6 Å². The van der Waals surface area contributed by atoms with Gasteiger partial charge in [0.2, 0.25) is 11.6 Å². The van der Waals surface area contributed by atoms with Crippen molar-refractivity contribution in [2.24, 2.45) is 0 Å². The van der Waals surface area contributed by atoms with Crippen LogP contribution in [0.5, 0.6) is 17.2 Å². The van der Waals surface area contributed by atoms with E-state index in [0.717, 1.165) is 12.1 Å². The minimum absolute atomic E-state index is 0.0426. The average Bonchev–Trinajstić information content (AvgIpc) is 2.69. The highest BCUT2D eigenvalue weighted by Crippen LogP contribution is 2.36. The van der Waals surface area contributed by atoms with Gasteiger partial charge in [0, 0.05) is 23.9 Å².